The molecule has 2 aromatic carbocycles. The fourth-order valence-electron chi connectivity index (χ4n) is 5.61. The molecule has 2 aliphatic rings. The Morgan fingerprint density at radius 1 is 1.26 bits per heavy atom. The molecule has 1 N–H and O–H groups in total. The van der Waals surface area contributed by atoms with Gasteiger partial charge < -0.3 is 19.4 Å². The van der Waals surface area contributed by atoms with Gasteiger partial charge in [-0.15, -0.1) is 0 Å². The minimum Gasteiger partial charge on any atom is -0.497 e. The number of hydrogen-bond donors (Lipinski definition) is 1. The van der Waals surface area contributed by atoms with Gasteiger partial charge in [0.25, 0.3) is 0 Å². The van der Waals surface area contributed by atoms with E-state index in [-0.39, 0.29) is 17.9 Å². The molecule has 2 atom stereocenters. The molecule has 1 aliphatic heterocycles. The monoisotopic (exact) mass is 584 g/mol. The predicted molar refractivity (Wildman–Crippen MR) is 139 cm³/mol. The van der Waals surface area contributed by atoms with E-state index >= 15 is 0 Å². The molecule has 0 radical (unpaired) electrons. The van der Waals surface area contributed by atoms with E-state index in [1.165, 1.54) is 22.2 Å². The maximum Gasteiger partial charge on any atom is 0.409 e. The number of H-pyrrole nitrogens is 1. The molecule has 2 unspecified atom stereocenters. The van der Waals surface area contributed by atoms with Crippen LogP contribution in [0.5, 0.6) is 5.75 Å². The second kappa shape index (κ2) is 9.12. The predicted octanol–water partition coefficient (Wildman–Crippen LogP) is 6.80. The van der Waals surface area contributed by atoms with E-state index < -0.39 is 9.89 Å². The number of aromatic nitrogens is 1. The molecule has 1 aromatic heterocycles. The number of hydrogen-bond acceptors (Lipinski definition) is 3. The second-order valence-electron chi connectivity index (χ2n) is 9.10. The third-order valence-electron chi connectivity index (χ3n) is 7.21. The Kier molecular flexibility index (Phi) is 6.47. The number of benzene rings is 2. The van der Waals surface area contributed by atoms with Gasteiger partial charge in [-0.3, -0.25) is 0 Å². The first-order valence-electron chi connectivity index (χ1n) is 11.1. The van der Waals surface area contributed by atoms with Crippen molar-refractivity contribution in [3.63, 3.8) is 0 Å². The summed E-state index contributed by atoms with van der Waals surface area (Å²) in [5.41, 5.74) is 4.81. The van der Waals surface area contributed by atoms with Crippen molar-refractivity contribution in [3.05, 3.63) is 63.8 Å². The normalized spacial score (nSPS) is 22.3. The van der Waals surface area contributed by atoms with Crippen molar-refractivity contribution >= 4 is 67.7 Å². The number of aromatic amines is 1. The SMILES string of the molecule is COc1cccc(C23CCN(C(=O)OCC(Cl)(Cl)Cl)CC2Cc2c([nH]c4cc(Br)ccc24)C3)c1. The van der Waals surface area contributed by atoms with Crippen LogP contribution in [0, 0.1) is 5.92 Å². The topological polar surface area (TPSA) is 54.6 Å². The van der Waals surface area contributed by atoms with E-state index in [1.807, 2.05) is 12.1 Å². The molecule has 5 rings (SSSR count). The zero-order valence-electron chi connectivity index (χ0n) is 18.5. The van der Waals surface area contributed by atoms with Gasteiger partial charge in [-0.25, -0.2) is 4.79 Å². The fraction of sp³-hybridized carbons (Fsp3) is 0.400. The van der Waals surface area contributed by atoms with Crippen LogP contribution in [-0.4, -0.2) is 46.6 Å². The number of amides is 1. The number of fused-ring (bicyclic) bond motifs is 4. The fourth-order valence-corrected chi connectivity index (χ4v) is 6.13. The zero-order valence-corrected chi connectivity index (χ0v) is 22.4. The van der Waals surface area contributed by atoms with E-state index in [2.05, 4.69) is 51.2 Å². The Labute approximate surface area is 221 Å². The molecule has 1 saturated heterocycles. The first-order chi connectivity index (χ1) is 16.2. The maximum atomic E-state index is 12.8. The average molecular weight is 587 g/mol. The number of nitrogens with zero attached hydrogens (tertiary/aromatic N) is 1. The molecule has 1 amide bonds. The smallest absolute Gasteiger partial charge is 0.409 e. The molecular formula is C25H24BrCl3N2O3. The largest absolute Gasteiger partial charge is 0.497 e. The van der Waals surface area contributed by atoms with Crippen LogP contribution in [0.25, 0.3) is 10.9 Å². The number of methoxy groups -OCH3 is 1. The van der Waals surface area contributed by atoms with Gasteiger partial charge in [-0.1, -0.05) is 68.9 Å². The quantitative estimate of drug-likeness (QED) is 0.344. The second-order valence-corrected chi connectivity index (χ2v) is 12.5. The van der Waals surface area contributed by atoms with Crippen molar-refractivity contribution in [2.45, 2.75) is 28.5 Å². The summed E-state index contributed by atoms with van der Waals surface area (Å²) in [4.78, 5) is 18.2. The molecule has 3 aromatic rings. The standard InChI is InChI=1S/C25H24BrCl3N2O3/c1-33-18-4-2-3-15(9-18)24-7-8-31(23(32)34-14-25(27,28)29)13-16(24)10-20-19-6-5-17(26)11-21(19)30-22(20)12-24/h2-6,9,11,16,30H,7-8,10,12-14H2,1H3. The molecular weight excluding hydrogens is 563 g/mol. The molecule has 180 valence electrons. The van der Waals surface area contributed by atoms with Crippen molar-refractivity contribution < 1.29 is 14.3 Å². The lowest BCUT2D eigenvalue weighted by Gasteiger charge is -2.50. The lowest BCUT2D eigenvalue weighted by molar-refractivity contribution is 0.0539. The van der Waals surface area contributed by atoms with Crippen molar-refractivity contribution in [1.29, 1.82) is 0 Å². The molecule has 2 heterocycles. The number of nitrogens with one attached hydrogen (secondary N) is 1. The summed E-state index contributed by atoms with van der Waals surface area (Å²) in [5, 5.41) is 1.23. The van der Waals surface area contributed by atoms with Crippen LogP contribution in [0.3, 0.4) is 0 Å². The minimum atomic E-state index is -1.63. The van der Waals surface area contributed by atoms with E-state index in [4.69, 9.17) is 44.3 Å². The van der Waals surface area contributed by atoms with Crippen LogP contribution in [0.4, 0.5) is 4.79 Å². The van der Waals surface area contributed by atoms with Crippen LogP contribution in [0.1, 0.15) is 23.2 Å². The summed E-state index contributed by atoms with van der Waals surface area (Å²) in [7, 11) is 1.69. The molecule has 34 heavy (non-hydrogen) atoms. The van der Waals surface area contributed by atoms with Crippen LogP contribution >= 0.6 is 50.7 Å². The Morgan fingerprint density at radius 3 is 2.85 bits per heavy atom. The molecule has 9 heteroatoms. The number of halogens is 4. The summed E-state index contributed by atoms with van der Waals surface area (Å²) < 4.78 is 10.3. The van der Waals surface area contributed by atoms with E-state index in [1.54, 1.807) is 12.0 Å². The number of rotatable bonds is 3. The lowest BCUT2D eigenvalue weighted by atomic mass is 9.59. The van der Waals surface area contributed by atoms with Gasteiger partial charge in [0.1, 0.15) is 12.4 Å². The average Bonchev–Trinajstić information content (AvgIpc) is 3.15. The number of ether oxygens (including phenoxy) is 2. The highest BCUT2D eigenvalue weighted by atomic mass is 79.9. The highest BCUT2D eigenvalue weighted by Gasteiger charge is 2.49. The molecule has 0 bridgehead atoms. The summed E-state index contributed by atoms with van der Waals surface area (Å²) in [5.74, 6) is 1.03. The van der Waals surface area contributed by atoms with Gasteiger partial charge in [0.15, 0.2) is 0 Å². The van der Waals surface area contributed by atoms with Gasteiger partial charge in [0.05, 0.1) is 7.11 Å². The molecule has 1 fully saturated rings. The van der Waals surface area contributed by atoms with E-state index in [0.29, 0.717) is 13.1 Å². The van der Waals surface area contributed by atoms with Crippen LogP contribution < -0.4 is 4.74 Å². The highest BCUT2D eigenvalue weighted by Crippen LogP contribution is 2.49. The highest BCUT2D eigenvalue weighted by molar-refractivity contribution is 9.10. The van der Waals surface area contributed by atoms with E-state index in [9.17, 15) is 4.79 Å². The number of likely N-dealkylation sites (tertiary alicyclic amines) is 1. The molecule has 0 saturated carbocycles. The summed E-state index contributed by atoms with van der Waals surface area (Å²) in [6.45, 7) is 0.853. The Balaban J connectivity index is 1.52. The van der Waals surface area contributed by atoms with Gasteiger partial charge >= 0.3 is 6.09 Å². The van der Waals surface area contributed by atoms with E-state index in [0.717, 1.165) is 35.0 Å². The number of carbonyl (C=O) groups is 1. The molecule has 0 spiro atoms. The van der Waals surface area contributed by atoms with Crippen molar-refractivity contribution in [2.75, 3.05) is 26.8 Å². The number of alkyl halides is 3. The Bertz CT molecular complexity index is 1240. The molecule has 5 nitrogen and oxygen atoms in total. The maximum absolute atomic E-state index is 12.8. The van der Waals surface area contributed by atoms with Gasteiger partial charge in [0, 0.05) is 39.6 Å². The van der Waals surface area contributed by atoms with Crippen LogP contribution in [0.2, 0.25) is 0 Å². The first kappa shape index (κ1) is 24.1. The Morgan fingerprint density at radius 2 is 2.09 bits per heavy atom. The van der Waals surface area contributed by atoms with Crippen LogP contribution in [0.15, 0.2) is 46.9 Å². The Hall–Kier alpha value is -1.60. The molecule has 1 aliphatic carbocycles. The minimum absolute atomic E-state index is 0.133. The van der Waals surface area contributed by atoms with Gasteiger partial charge in [-0.05, 0) is 60.6 Å². The number of carbonyl (C=O) groups excluding carboxylic acids is 1. The third-order valence-corrected chi connectivity index (χ3v) is 8.03. The summed E-state index contributed by atoms with van der Waals surface area (Å²) >= 11 is 20.9. The van der Waals surface area contributed by atoms with Gasteiger partial charge in [0.2, 0.25) is 3.79 Å². The third kappa shape index (κ3) is 4.50. The van der Waals surface area contributed by atoms with Crippen molar-refractivity contribution in [3.8, 4) is 5.75 Å². The summed E-state index contributed by atoms with van der Waals surface area (Å²) in [6, 6.07) is 14.7. The van der Waals surface area contributed by atoms with Crippen molar-refractivity contribution in [1.82, 2.24) is 9.88 Å². The number of piperidine rings is 1. The van der Waals surface area contributed by atoms with Gasteiger partial charge in [-0.2, -0.15) is 0 Å². The van der Waals surface area contributed by atoms with Crippen molar-refractivity contribution in [2.24, 2.45) is 5.92 Å². The first-order valence-corrected chi connectivity index (χ1v) is 13.0. The lowest BCUT2D eigenvalue weighted by Crippen LogP contribution is -2.55. The van der Waals surface area contributed by atoms with Crippen LogP contribution in [-0.2, 0) is 23.0 Å². The zero-order chi connectivity index (χ0) is 24.1. The summed E-state index contributed by atoms with van der Waals surface area (Å²) in [6.07, 6.45) is 2.07.